The van der Waals surface area contributed by atoms with E-state index < -0.39 is 0 Å². The molecule has 1 radical (unpaired) electrons. The first-order chi connectivity index (χ1) is 6.91. The fourth-order valence-electron chi connectivity index (χ4n) is 2.15. The Hall–Kier alpha value is -0.980. The molecule has 0 atom stereocenters. The second kappa shape index (κ2) is 3.26. The summed E-state index contributed by atoms with van der Waals surface area (Å²) < 4.78 is 6.06. The molecule has 0 spiro atoms. The van der Waals surface area contributed by atoms with Crippen molar-refractivity contribution in [1.82, 2.24) is 0 Å². The Morgan fingerprint density at radius 1 is 1.13 bits per heavy atom. The molecule has 81 valence electrons. The fourth-order valence-corrected chi connectivity index (χ4v) is 2.15. The van der Waals surface area contributed by atoms with Gasteiger partial charge in [0.15, 0.2) is 0 Å². The molecule has 1 aromatic carbocycles. The summed E-state index contributed by atoms with van der Waals surface area (Å²) >= 11 is 0. The topological polar surface area (TPSA) is 9.23 Å². The van der Waals surface area contributed by atoms with Crippen LogP contribution in [0.15, 0.2) is 6.07 Å². The summed E-state index contributed by atoms with van der Waals surface area (Å²) in [6.07, 6.45) is 3.27. The van der Waals surface area contributed by atoms with E-state index in [1.807, 2.05) is 0 Å². The molecular formula is C14H19O. The first kappa shape index (κ1) is 10.5. The molecule has 1 nitrogen and oxygen atoms in total. The van der Waals surface area contributed by atoms with E-state index in [0.29, 0.717) is 0 Å². The fraction of sp³-hybridized carbons (Fsp3) is 0.500. The van der Waals surface area contributed by atoms with E-state index in [9.17, 15) is 0 Å². The summed E-state index contributed by atoms with van der Waals surface area (Å²) in [5.74, 6) is 1.11. The van der Waals surface area contributed by atoms with Gasteiger partial charge in [0.25, 0.3) is 0 Å². The third-order valence-corrected chi connectivity index (χ3v) is 3.28. The molecule has 0 aliphatic carbocycles. The molecule has 1 aliphatic rings. The third-order valence-electron chi connectivity index (χ3n) is 3.28. The van der Waals surface area contributed by atoms with Crippen molar-refractivity contribution in [3.8, 4) is 5.75 Å². The van der Waals surface area contributed by atoms with Crippen LogP contribution in [0.1, 0.15) is 36.1 Å². The van der Waals surface area contributed by atoms with Gasteiger partial charge in [-0.1, -0.05) is 6.07 Å². The van der Waals surface area contributed by atoms with Gasteiger partial charge in [-0.05, 0) is 63.3 Å². The van der Waals surface area contributed by atoms with Crippen LogP contribution in [0.4, 0.5) is 0 Å². The van der Waals surface area contributed by atoms with Crippen molar-refractivity contribution in [1.29, 1.82) is 0 Å². The number of benzene rings is 1. The maximum absolute atomic E-state index is 6.06. The summed E-state index contributed by atoms with van der Waals surface area (Å²) in [6, 6.07) is 2.25. The zero-order chi connectivity index (χ0) is 11.2. The van der Waals surface area contributed by atoms with Crippen molar-refractivity contribution < 1.29 is 4.74 Å². The minimum absolute atomic E-state index is 0.127. The molecule has 1 aromatic rings. The van der Waals surface area contributed by atoms with E-state index in [4.69, 9.17) is 4.74 Å². The number of rotatable bonds is 0. The Balaban J connectivity index is 2.58. The van der Waals surface area contributed by atoms with Gasteiger partial charge in [0.1, 0.15) is 11.4 Å². The van der Waals surface area contributed by atoms with Gasteiger partial charge < -0.3 is 4.74 Å². The lowest BCUT2D eigenvalue weighted by molar-refractivity contribution is 0.128. The summed E-state index contributed by atoms with van der Waals surface area (Å²) in [6.45, 7) is 10.7. The molecule has 0 unspecified atom stereocenters. The molecule has 1 heteroatoms. The number of fused-ring (bicyclic) bond motifs is 1. The highest BCUT2D eigenvalue weighted by Crippen LogP contribution is 2.38. The maximum atomic E-state index is 6.06. The molecule has 1 heterocycles. The van der Waals surface area contributed by atoms with Crippen LogP contribution < -0.4 is 4.74 Å². The van der Waals surface area contributed by atoms with Crippen LogP contribution in [0, 0.1) is 27.2 Å². The van der Waals surface area contributed by atoms with E-state index in [2.05, 4.69) is 47.1 Å². The second-order valence-corrected chi connectivity index (χ2v) is 5.06. The molecule has 2 rings (SSSR count). The molecule has 0 amide bonds. The van der Waals surface area contributed by atoms with Gasteiger partial charge in [0.2, 0.25) is 0 Å². The third kappa shape index (κ3) is 1.75. The van der Waals surface area contributed by atoms with Gasteiger partial charge in [0.05, 0.1) is 0 Å². The SMILES string of the molecule is Cc1cc(C)c2c(c1C)OC(C)(C)[CH]C2. The molecule has 15 heavy (non-hydrogen) atoms. The van der Waals surface area contributed by atoms with Gasteiger partial charge in [-0.3, -0.25) is 0 Å². The molecule has 0 saturated heterocycles. The molecule has 0 N–H and O–H groups in total. The van der Waals surface area contributed by atoms with Crippen molar-refractivity contribution in [3.05, 3.63) is 34.7 Å². The Morgan fingerprint density at radius 3 is 2.47 bits per heavy atom. The van der Waals surface area contributed by atoms with Gasteiger partial charge >= 0.3 is 0 Å². The number of ether oxygens (including phenoxy) is 1. The highest BCUT2D eigenvalue weighted by atomic mass is 16.5. The van der Waals surface area contributed by atoms with Gasteiger partial charge in [-0.25, -0.2) is 0 Å². The summed E-state index contributed by atoms with van der Waals surface area (Å²) in [7, 11) is 0. The van der Waals surface area contributed by atoms with E-state index in [1.54, 1.807) is 0 Å². The van der Waals surface area contributed by atoms with Crippen LogP contribution in [0.25, 0.3) is 0 Å². The van der Waals surface area contributed by atoms with E-state index >= 15 is 0 Å². The molecule has 0 saturated carbocycles. The van der Waals surface area contributed by atoms with E-state index in [-0.39, 0.29) is 5.60 Å². The Kier molecular flexibility index (Phi) is 2.29. The minimum atomic E-state index is -0.127. The van der Waals surface area contributed by atoms with Crippen molar-refractivity contribution in [2.24, 2.45) is 0 Å². The summed E-state index contributed by atoms with van der Waals surface area (Å²) in [4.78, 5) is 0. The molecular weight excluding hydrogens is 184 g/mol. The number of hydrogen-bond acceptors (Lipinski definition) is 1. The highest BCUT2D eigenvalue weighted by Gasteiger charge is 2.29. The number of hydrogen-bond donors (Lipinski definition) is 0. The van der Waals surface area contributed by atoms with Gasteiger partial charge in [-0.2, -0.15) is 0 Å². The van der Waals surface area contributed by atoms with Gasteiger partial charge in [0, 0.05) is 6.42 Å². The Bertz CT molecular complexity index is 402. The summed E-state index contributed by atoms with van der Waals surface area (Å²) in [5, 5.41) is 0. The van der Waals surface area contributed by atoms with Crippen molar-refractivity contribution in [3.63, 3.8) is 0 Å². The van der Waals surface area contributed by atoms with Crippen LogP contribution >= 0.6 is 0 Å². The zero-order valence-electron chi connectivity index (χ0n) is 10.3. The van der Waals surface area contributed by atoms with Crippen molar-refractivity contribution in [2.75, 3.05) is 0 Å². The lowest BCUT2D eigenvalue weighted by Gasteiger charge is -2.34. The van der Waals surface area contributed by atoms with Crippen LogP contribution in [-0.2, 0) is 6.42 Å². The summed E-state index contributed by atoms with van der Waals surface area (Å²) in [5.41, 5.74) is 5.19. The van der Waals surface area contributed by atoms with Crippen LogP contribution in [0.2, 0.25) is 0 Å². The standard InChI is InChI=1S/C14H19O/c1-9-8-10(2)12-6-7-14(4,5)15-13(12)11(9)3/h7-8H,6H2,1-5H3. The van der Waals surface area contributed by atoms with Crippen molar-refractivity contribution >= 4 is 0 Å². The lowest BCUT2D eigenvalue weighted by atomic mass is 9.89. The average molecular weight is 203 g/mol. The first-order valence-electron chi connectivity index (χ1n) is 5.54. The lowest BCUT2D eigenvalue weighted by Crippen LogP contribution is -2.34. The molecule has 0 fully saturated rings. The van der Waals surface area contributed by atoms with E-state index in [1.165, 1.54) is 22.3 Å². The van der Waals surface area contributed by atoms with E-state index in [0.717, 1.165) is 12.2 Å². The molecule has 1 aliphatic heterocycles. The normalized spacial score (nSPS) is 18.2. The van der Waals surface area contributed by atoms with Crippen LogP contribution in [0.5, 0.6) is 5.75 Å². The predicted octanol–water partition coefficient (Wildman–Crippen LogP) is 3.53. The molecule has 0 bridgehead atoms. The zero-order valence-corrected chi connectivity index (χ0v) is 10.3. The van der Waals surface area contributed by atoms with Crippen LogP contribution in [-0.4, -0.2) is 5.60 Å². The largest absolute Gasteiger partial charge is 0.487 e. The average Bonchev–Trinajstić information content (AvgIpc) is 2.13. The number of aryl methyl sites for hydroxylation is 2. The first-order valence-corrected chi connectivity index (χ1v) is 5.54. The Labute approximate surface area is 92.5 Å². The maximum Gasteiger partial charge on any atom is 0.126 e. The van der Waals surface area contributed by atoms with Gasteiger partial charge in [-0.15, -0.1) is 0 Å². The minimum Gasteiger partial charge on any atom is -0.487 e. The van der Waals surface area contributed by atoms with Crippen LogP contribution in [0.3, 0.4) is 0 Å². The van der Waals surface area contributed by atoms with Crippen molar-refractivity contribution in [2.45, 2.75) is 46.6 Å². The smallest absolute Gasteiger partial charge is 0.126 e. The molecule has 0 aromatic heterocycles. The second-order valence-electron chi connectivity index (χ2n) is 5.06. The monoisotopic (exact) mass is 203 g/mol. The predicted molar refractivity (Wildman–Crippen MR) is 63.4 cm³/mol. The Morgan fingerprint density at radius 2 is 1.80 bits per heavy atom. The highest BCUT2D eigenvalue weighted by molar-refractivity contribution is 5.52. The quantitative estimate of drug-likeness (QED) is 0.626.